The second-order valence-electron chi connectivity index (χ2n) is 5.23. The summed E-state index contributed by atoms with van der Waals surface area (Å²) in [7, 11) is 0. The van der Waals surface area contributed by atoms with Crippen LogP contribution in [0.5, 0.6) is 5.75 Å². The van der Waals surface area contributed by atoms with Crippen molar-refractivity contribution in [2.45, 2.75) is 45.3 Å². The maximum atomic E-state index is 12.8. The normalized spacial score (nSPS) is 15.8. The summed E-state index contributed by atoms with van der Waals surface area (Å²) in [6.45, 7) is 6.94. The predicted octanol–water partition coefficient (Wildman–Crippen LogP) is 2.73. The standard InChI is InChI=1S/C15H24FNO2/c1-4-9-17-15(3,11-18)10-12(2)19-14-7-5-13(16)6-8-14/h5-8,12,17-18H,4,9-11H2,1-3H3. The number of benzene rings is 1. The van der Waals surface area contributed by atoms with Crippen LogP contribution in [0.25, 0.3) is 0 Å². The third kappa shape index (κ3) is 5.57. The Kier molecular flexibility index (Phi) is 6.25. The van der Waals surface area contributed by atoms with Crippen molar-refractivity contribution >= 4 is 0 Å². The molecule has 0 amide bonds. The van der Waals surface area contributed by atoms with Gasteiger partial charge < -0.3 is 15.2 Å². The van der Waals surface area contributed by atoms with Gasteiger partial charge in [0.1, 0.15) is 11.6 Å². The number of halogens is 1. The number of rotatable bonds is 8. The quantitative estimate of drug-likeness (QED) is 0.762. The molecule has 2 N–H and O–H groups in total. The van der Waals surface area contributed by atoms with Gasteiger partial charge in [-0.2, -0.15) is 0 Å². The molecule has 1 aromatic rings. The molecular formula is C15H24FNO2. The van der Waals surface area contributed by atoms with Gasteiger partial charge >= 0.3 is 0 Å². The second-order valence-corrected chi connectivity index (χ2v) is 5.23. The Balaban J connectivity index is 2.52. The Morgan fingerprint density at radius 1 is 1.37 bits per heavy atom. The Hall–Kier alpha value is -1.13. The molecule has 0 saturated heterocycles. The van der Waals surface area contributed by atoms with Gasteiger partial charge in [0.2, 0.25) is 0 Å². The van der Waals surface area contributed by atoms with Gasteiger partial charge in [-0.1, -0.05) is 6.92 Å². The molecule has 2 atom stereocenters. The molecule has 0 aliphatic carbocycles. The third-order valence-electron chi connectivity index (χ3n) is 3.04. The highest BCUT2D eigenvalue weighted by atomic mass is 19.1. The van der Waals surface area contributed by atoms with E-state index in [2.05, 4.69) is 12.2 Å². The van der Waals surface area contributed by atoms with Crippen LogP contribution in [0.2, 0.25) is 0 Å². The zero-order chi connectivity index (χ0) is 14.3. The van der Waals surface area contributed by atoms with Crippen molar-refractivity contribution in [1.82, 2.24) is 5.32 Å². The van der Waals surface area contributed by atoms with E-state index in [9.17, 15) is 9.50 Å². The average molecular weight is 269 g/mol. The molecule has 0 saturated carbocycles. The molecule has 0 spiro atoms. The van der Waals surface area contributed by atoms with Crippen molar-refractivity contribution < 1.29 is 14.2 Å². The number of ether oxygens (including phenoxy) is 1. The maximum absolute atomic E-state index is 12.8. The van der Waals surface area contributed by atoms with Crippen LogP contribution in [0.1, 0.15) is 33.6 Å². The smallest absolute Gasteiger partial charge is 0.123 e. The monoisotopic (exact) mass is 269 g/mol. The summed E-state index contributed by atoms with van der Waals surface area (Å²) in [5.74, 6) is 0.370. The number of hydrogen-bond acceptors (Lipinski definition) is 3. The molecule has 0 aromatic heterocycles. The van der Waals surface area contributed by atoms with E-state index in [-0.39, 0.29) is 24.1 Å². The van der Waals surface area contributed by atoms with E-state index in [1.54, 1.807) is 12.1 Å². The van der Waals surface area contributed by atoms with Gasteiger partial charge in [0.05, 0.1) is 12.7 Å². The summed E-state index contributed by atoms with van der Waals surface area (Å²) >= 11 is 0. The minimum Gasteiger partial charge on any atom is -0.491 e. The Labute approximate surface area is 114 Å². The van der Waals surface area contributed by atoms with Crippen molar-refractivity contribution in [2.75, 3.05) is 13.2 Å². The number of hydrogen-bond donors (Lipinski definition) is 2. The topological polar surface area (TPSA) is 41.5 Å². The van der Waals surface area contributed by atoms with Gasteiger partial charge in [0, 0.05) is 12.0 Å². The molecular weight excluding hydrogens is 245 g/mol. The first-order valence-corrected chi connectivity index (χ1v) is 6.77. The van der Waals surface area contributed by atoms with Crippen LogP contribution >= 0.6 is 0 Å². The minimum atomic E-state index is -0.352. The van der Waals surface area contributed by atoms with Crippen LogP contribution in [-0.4, -0.2) is 29.9 Å². The lowest BCUT2D eigenvalue weighted by Gasteiger charge is -2.31. The number of aliphatic hydroxyl groups excluding tert-OH is 1. The van der Waals surface area contributed by atoms with Gasteiger partial charge in [-0.15, -0.1) is 0 Å². The van der Waals surface area contributed by atoms with Crippen molar-refractivity contribution in [1.29, 1.82) is 0 Å². The zero-order valence-electron chi connectivity index (χ0n) is 11.9. The molecule has 1 aromatic carbocycles. The first kappa shape index (κ1) is 15.9. The third-order valence-corrected chi connectivity index (χ3v) is 3.04. The molecule has 19 heavy (non-hydrogen) atoms. The highest BCUT2D eigenvalue weighted by molar-refractivity contribution is 5.22. The molecule has 3 nitrogen and oxygen atoms in total. The Morgan fingerprint density at radius 2 is 2.00 bits per heavy atom. The van der Waals surface area contributed by atoms with Gasteiger partial charge in [-0.05, 0) is 51.1 Å². The maximum Gasteiger partial charge on any atom is 0.123 e. The summed E-state index contributed by atoms with van der Waals surface area (Å²) in [5, 5.41) is 12.8. The molecule has 0 heterocycles. The van der Waals surface area contributed by atoms with Gasteiger partial charge in [-0.25, -0.2) is 4.39 Å². The molecule has 4 heteroatoms. The highest BCUT2D eigenvalue weighted by Gasteiger charge is 2.25. The summed E-state index contributed by atoms with van der Waals surface area (Å²) in [6, 6.07) is 5.98. The summed E-state index contributed by atoms with van der Waals surface area (Å²) in [5.41, 5.74) is -0.352. The van der Waals surface area contributed by atoms with E-state index in [1.807, 2.05) is 13.8 Å². The molecule has 0 aliphatic rings. The molecule has 0 bridgehead atoms. The van der Waals surface area contributed by atoms with E-state index in [0.717, 1.165) is 13.0 Å². The zero-order valence-corrected chi connectivity index (χ0v) is 11.9. The van der Waals surface area contributed by atoms with E-state index < -0.39 is 0 Å². The Morgan fingerprint density at radius 3 is 2.53 bits per heavy atom. The van der Waals surface area contributed by atoms with Crippen LogP contribution < -0.4 is 10.1 Å². The van der Waals surface area contributed by atoms with E-state index >= 15 is 0 Å². The molecule has 0 radical (unpaired) electrons. The van der Waals surface area contributed by atoms with E-state index in [0.29, 0.717) is 12.2 Å². The SMILES string of the molecule is CCCNC(C)(CO)CC(C)Oc1ccc(F)cc1. The summed E-state index contributed by atoms with van der Waals surface area (Å²) in [4.78, 5) is 0. The van der Waals surface area contributed by atoms with Crippen LogP contribution in [-0.2, 0) is 0 Å². The lowest BCUT2D eigenvalue weighted by Crippen LogP contribution is -2.48. The van der Waals surface area contributed by atoms with Crippen molar-refractivity contribution in [3.63, 3.8) is 0 Å². The number of aliphatic hydroxyl groups is 1. The molecule has 2 unspecified atom stereocenters. The fourth-order valence-corrected chi connectivity index (χ4v) is 2.04. The molecule has 0 fully saturated rings. The van der Waals surface area contributed by atoms with Crippen LogP contribution in [0, 0.1) is 5.82 Å². The molecule has 108 valence electrons. The van der Waals surface area contributed by atoms with Crippen molar-refractivity contribution in [2.24, 2.45) is 0 Å². The number of nitrogens with one attached hydrogen (secondary N) is 1. The lowest BCUT2D eigenvalue weighted by atomic mass is 9.95. The van der Waals surface area contributed by atoms with Gasteiger partial charge in [0.25, 0.3) is 0 Å². The van der Waals surface area contributed by atoms with E-state index in [4.69, 9.17) is 4.74 Å². The van der Waals surface area contributed by atoms with Crippen LogP contribution in [0.3, 0.4) is 0 Å². The first-order chi connectivity index (χ1) is 8.99. The van der Waals surface area contributed by atoms with Crippen molar-refractivity contribution in [3.05, 3.63) is 30.1 Å². The average Bonchev–Trinajstić information content (AvgIpc) is 2.39. The molecule has 0 aliphatic heterocycles. The summed E-state index contributed by atoms with van der Waals surface area (Å²) in [6.07, 6.45) is 1.64. The first-order valence-electron chi connectivity index (χ1n) is 6.77. The molecule has 1 rings (SSSR count). The van der Waals surface area contributed by atoms with Crippen LogP contribution in [0.15, 0.2) is 24.3 Å². The minimum absolute atomic E-state index is 0.0596. The predicted molar refractivity (Wildman–Crippen MR) is 74.9 cm³/mol. The second kappa shape index (κ2) is 7.46. The lowest BCUT2D eigenvalue weighted by molar-refractivity contribution is 0.110. The van der Waals surface area contributed by atoms with Crippen LogP contribution in [0.4, 0.5) is 4.39 Å². The van der Waals surface area contributed by atoms with Gasteiger partial charge in [-0.3, -0.25) is 0 Å². The van der Waals surface area contributed by atoms with Gasteiger partial charge in [0.15, 0.2) is 0 Å². The highest BCUT2D eigenvalue weighted by Crippen LogP contribution is 2.18. The summed E-state index contributed by atoms with van der Waals surface area (Å²) < 4.78 is 18.5. The fourth-order valence-electron chi connectivity index (χ4n) is 2.04. The van der Waals surface area contributed by atoms with E-state index in [1.165, 1.54) is 12.1 Å². The fraction of sp³-hybridized carbons (Fsp3) is 0.600. The Bertz CT molecular complexity index is 369. The van der Waals surface area contributed by atoms with Crippen molar-refractivity contribution in [3.8, 4) is 5.75 Å². The largest absolute Gasteiger partial charge is 0.491 e.